The van der Waals surface area contributed by atoms with Crippen molar-refractivity contribution in [3.05, 3.63) is 66.1 Å². The van der Waals surface area contributed by atoms with Crippen molar-refractivity contribution in [1.82, 2.24) is 29.9 Å². The third-order valence-corrected chi connectivity index (χ3v) is 5.95. The van der Waals surface area contributed by atoms with Crippen molar-refractivity contribution in [2.24, 2.45) is 0 Å². The van der Waals surface area contributed by atoms with Crippen molar-refractivity contribution in [2.75, 3.05) is 18.4 Å². The number of rotatable bonds is 7. The first-order valence-corrected chi connectivity index (χ1v) is 11.5. The van der Waals surface area contributed by atoms with E-state index in [1.165, 1.54) is 0 Å². The zero-order chi connectivity index (χ0) is 22.6. The highest BCUT2D eigenvalue weighted by molar-refractivity contribution is 5.66. The number of ether oxygens (including phenoxy) is 1. The maximum absolute atomic E-state index is 6.18. The first-order valence-electron chi connectivity index (χ1n) is 11.5. The van der Waals surface area contributed by atoms with Crippen molar-refractivity contribution in [3.63, 3.8) is 0 Å². The zero-order valence-corrected chi connectivity index (χ0v) is 19.0. The van der Waals surface area contributed by atoms with Crippen LogP contribution < -0.4 is 15.4 Å². The summed E-state index contributed by atoms with van der Waals surface area (Å²) in [6.45, 7) is 6.71. The van der Waals surface area contributed by atoms with E-state index in [0.717, 1.165) is 53.8 Å². The Morgan fingerprint density at radius 3 is 2.85 bits per heavy atom. The summed E-state index contributed by atoms with van der Waals surface area (Å²) in [6.07, 6.45) is 7.70. The number of pyridine rings is 1. The molecule has 0 spiro atoms. The third-order valence-electron chi connectivity index (χ3n) is 5.95. The van der Waals surface area contributed by atoms with Gasteiger partial charge in [0.2, 0.25) is 5.95 Å². The van der Waals surface area contributed by atoms with E-state index < -0.39 is 0 Å². The molecule has 8 nitrogen and oxygen atoms in total. The van der Waals surface area contributed by atoms with Crippen molar-refractivity contribution in [1.29, 1.82) is 0 Å². The van der Waals surface area contributed by atoms with Gasteiger partial charge in [0.25, 0.3) is 0 Å². The molecule has 0 radical (unpaired) electrons. The minimum atomic E-state index is 0.0748. The predicted octanol–water partition coefficient (Wildman–Crippen LogP) is 4.05. The Balaban J connectivity index is 1.46. The SMILES string of the molecule is CC(C)c1cnn2c(NCc3ccccc3-c3cccnc3)nc(O[C@@H]3CCCNC3)nc12. The second-order valence-corrected chi connectivity index (χ2v) is 8.66. The molecule has 1 aliphatic rings. The Bertz CT molecular complexity index is 1220. The van der Waals surface area contributed by atoms with Gasteiger partial charge in [-0.2, -0.15) is 19.6 Å². The Labute approximate surface area is 193 Å². The van der Waals surface area contributed by atoms with Gasteiger partial charge < -0.3 is 15.4 Å². The molecule has 8 heteroatoms. The smallest absolute Gasteiger partial charge is 0.322 e. The van der Waals surface area contributed by atoms with E-state index in [9.17, 15) is 0 Å². The van der Waals surface area contributed by atoms with Crippen LogP contribution in [0.1, 0.15) is 43.7 Å². The van der Waals surface area contributed by atoms with E-state index in [4.69, 9.17) is 14.7 Å². The van der Waals surface area contributed by atoms with Gasteiger partial charge in [-0.1, -0.05) is 44.2 Å². The summed E-state index contributed by atoms with van der Waals surface area (Å²) < 4.78 is 7.95. The molecular formula is C25H29N7O. The summed E-state index contributed by atoms with van der Waals surface area (Å²) >= 11 is 0. The minimum Gasteiger partial charge on any atom is -0.459 e. The number of piperidine rings is 1. The Kier molecular flexibility index (Phi) is 6.17. The second kappa shape index (κ2) is 9.54. The molecule has 0 unspecified atom stereocenters. The van der Waals surface area contributed by atoms with Gasteiger partial charge in [-0.3, -0.25) is 4.98 Å². The number of nitrogens with zero attached hydrogens (tertiary/aromatic N) is 5. The number of anilines is 1. The molecule has 0 saturated carbocycles. The molecule has 4 heterocycles. The summed E-state index contributed by atoms with van der Waals surface area (Å²) in [5.41, 5.74) is 5.21. The average molecular weight is 444 g/mol. The van der Waals surface area contributed by atoms with Gasteiger partial charge in [0, 0.05) is 36.6 Å². The zero-order valence-electron chi connectivity index (χ0n) is 19.0. The molecule has 33 heavy (non-hydrogen) atoms. The number of fused-ring (bicyclic) bond motifs is 1. The van der Waals surface area contributed by atoms with E-state index in [-0.39, 0.29) is 6.10 Å². The Morgan fingerprint density at radius 2 is 2.06 bits per heavy atom. The van der Waals surface area contributed by atoms with Gasteiger partial charge in [0.05, 0.1) is 6.20 Å². The normalized spacial score (nSPS) is 16.3. The molecule has 0 bridgehead atoms. The number of nitrogens with one attached hydrogen (secondary N) is 2. The monoisotopic (exact) mass is 443 g/mol. The van der Waals surface area contributed by atoms with Crippen LogP contribution >= 0.6 is 0 Å². The Morgan fingerprint density at radius 1 is 1.15 bits per heavy atom. The van der Waals surface area contributed by atoms with Gasteiger partial charge in [-0.05, 0) is 42.5 Å². The molecule has 5 rings (SSSR count). The van der Waals surface area contributed by atoms with Crippen LogP contribution in [0, 0.1) is 0 Å². The number of hydrogen-bond donors (Lipinski definition) is 2. The van der Waals surface area contributed by atoms with Gasteiger partial charge in [-0.25, -0.2) is 0 Å². The van der Waals surface area contributed by atoms with Crippen molar-refractivity contribution in [2.45, 2.75) is 45.3 Å². The first kappa shape index (κ1) is 21.3. The van der Waals surface area contributed by atoms with Crippen LogP contribution in [0.3, 0.4) is 0 Å². The molecule has 170 valence electrons. The van der Waals surface area contributed by atoms with Crippen LogP contribution in [0.15, 0.2) is 55.0 Å². The fraction of sp³-hybridized carbons (Fsp3) is 0.360. The maximum atomic E-state index is 6.18. The van der Waals surface area contributed by atoms with Gasteiger partial charge in [-0.15, -0.1) is 0 Å². The largest absolute Gasteiger partial charge is 0.459 e. The summed E-state index contributed by atoms with van der Waals surface area (Å²) in [4.78, 5) is 13.7. The van der Waals surface area contributed by atoms with Crippen molar-refractivity contribution in [3.8, 4) is 17.1 Å². The maximum Gasteiger partial charge on any atom is 0.322 e. The molecule has 3 aromatic heterocycles. The average Bonchev–Trinajstić information content (AvgIpc) is 3.28. The topological polar surface area (TPSA) is 89.3 Å². The quantitative estimate of drug-likeness (QED) is 0.445. The minimum absolute atomic E-state index is 0.0748. The molecule has 2 N–H and O–H groups in total. The number of benzene rings is 1. The van der Waals surface area contributed by atoms with Gasteiger partial charge >= 0.3 is 6.01 Å². The summed E-state index contributed by atoms with van der Waals surface area (Å²) in [5, 5.41) is 11.4. The first-order chi connectivity index (χ1) is 16.2. The third kappa shape index (κ3) is 4.66. The van der Waals surface area contributed by atoms with Gasteiger partial charge in [0.15, 0.2) is 5.65 Å². The van der Waals surface area contributed by atoms with E-state index in [0.29, 0.717) is 24.4 Å². The number of aromatic nitrogens is 5. The molecule has 0 aliphatic carbocycles. The fourth-order valence-electron chi connectivity index (χ4n) is 4.17. The molecule has 4 aromatic rings. The van der Waals surface area contributed by atoms with Crippen LogP contribution in [0.4, 0.5) is 5.95 Å². The lowest BCUT2D eigenvalue weighted by Gasteiger charge is -2.23. The van der Waals surface area contributed by atoms with Gasteiger partial charge in [0.1, 0.15) is 6.10 Å². The lowest BCUT2D eigenvalue weighted by Crippen LogP contribution is -2.37. The lowest BCUT2D eigenvalue weighted by atomic mass is 10.0. The highest BCUT2D eigenvalue weighted by Gasteiger charge is 2.20. The van der Waals surface area contributed by atoms with Crippen molar-refractivity contribution < 1.29 is 4.74 Å². The fourth-order valence-corrected chi connectivity index (χ4v) is 4.17. The Hall–Kier alpha value is -3.52. The van der Waals surface area contributed by atoms with E-state index >= 15 is 0 Å². The van der Waals surface area contributed by atoms with E-state index in [1.807, 2.05) is 30.6 Å². The predicted molar refractivity (Wildman–Crippen MR) is 128 cm³/mol. The highest BCUT2D eigenvalue weighted by Crippen LogP contribution is 2.26. The molecular weight excluding hydrogens is 414 g/mol. The second-order valence-electron chi connectivity index (χ2n) is 8.66. The number of hydrogen-bond acceptors (Lipinski definition) is 7. The highest BCUT2D eigenvalue weighted by atomic mass is 16.5. The summed E-state index contributed by atoms with van der Waals surface area (Å²) in [5.74, 6) is 0.910. The molecule has 1 aliphatic heterocycles. The summed E-state index contributed by atoms with van der Waals surface area (Å²) in [7, 11) is 0. The molecule has 1 atom stereocenters. The molecule has 1 aromatic carbocycles. The van der Waals surface area contributed by atoms with E-state index in [1.54, 1.807) is 10.7 Å². The molecule has 1 saturated heterocycles. The van der Waals surface area contributed by atoms with Crippen LogP contribution in [-0.4, -0.2) is 43.8 Å². The molecule has 0 amide bonds. The summed E-state index contributed by atoms with van der Waals surface area (Å²) in [6, 6.07) is 12.7. The molecule has 1 fully saturated rings. The standard InChI is InChI=1S/C25H29N7O/c1-17(2)22-16-29-32-23(22)30-25(33-20-9-6-12-27-15-20)31-24(32)28-14-19-7-3-4-10-21(19)18-8-5-11-26-13-18/h3-5,7-8,10-11,13,16-17,20,27H,6,9,12,14-15H2,1-2H3,(H,28,30,31)/t20-/m1/s1. The lowest BCUT2D eigenvalue weighted by molar-refractivity contribution is 0.153. The van der Waals surface area contributed by atoms with Crippen LogP contribution in [-0.2, 0) is 6.54 Å². The van der Waals surface area contributed by atoms with E-state index in [2.05, 4.69) is 52.8 Å². The van der Waals surface area contributed by atoms with Crippen LogP contribution in [0.2, 0.25) is 0 Å². The van der Waals surface area contributed by atoms with Crippen LogP contribution in [0.5, 0.6) is 6.01 Å². The van der Waals surface area contributed by atoms with Crippen molar-refractivity contribution >= 4 is 11.6 Å². The van der Waals surface area contributed by atoms with Crippen LogP contribution in [0.25, 0.3) is 16.8 Å².